The summed E-state index contributed by atoms with van der Waals surface area (Å²) in [4.78, 5) is 13.3. The van der Waals surface area contributed by atoms with E-state index >= 15 is 0 Å². The minimum Gasteiger partial charge on any atom is -0.493 e. The van der Waals surface area contributed by atoms with Crippen LogP contribution in [0.4, 0.5) is 0 Å². The Morgan fingerprint density at radius 3 is 2.58 bits per heavy atom. The van der Waals surface area contributed by atoms with Gasteiger partial charge in [-0.15, -0.1) is 0 Å². The Morgan fingerprint density at radius 1 is 1.37 bits per heavy atom. The Morgan fingerprint density at radius 2 is 2.00 bits per heavy atom. The number of piperidine rings is 1. The second kappa shape index (κ2) is 6.41. The predicted octanol–water partition coefficient (Wildman–Crippen LogP) is 2.80. The Bertz CT molecular complexity index is 431. The lowest BCUT2D eigenvalue weighted by molar-refractivity contribution is -0.127. The number of benzene rings is 1. The van der Waals surface area contributed by atoms with Crippen LogP contribution in [0, 0.1) is 12.8 Å². The van der Waals surface area contributed by atoms with E-state index < -0.39 is 0 Å². The van der Waals surface area contributed by atoms with Gasteiger partial charge in [0.1, 0.15) is 5.75 Å². The number of likely N-dealkylation sites (tertiary alicyclic amines) is 1. The monoisotopic (exact) mass is 259 g/mol. The third-order valence-corrected chi connectivity index (χ3v) is 3.61. The van der Waals surface area contributed by atoms with Crippen molar-refractivity contribution >= 4 is 5.91 Å². The lowest BCUT2D eigenvalue weighted by Crippen LogP contribution is -2.38. The van der Waals surface area contributed by atoms with Crippen molar-refractivity contribution in [1.29, 1.82) is 0 Å². The Hall–Kier alpha value is -1.77. The molecule has 3 heteroatoms. The molecule has 1 aliphatic rings. The largest absolute Gasteiger partial charge is 0.493 e. The third kappa shape index (κ3) is 3.85. The van der Waals surface area contributed by atoms with Crippen LogP contribution >= 0.6 is 0 Å². The summed E-state index contributed by atoms with van der Waals surface area (Å²) < 4.78 is 5.80. The van der Waals surface area contributed by atoms with Crippen LogP contribution in [0.5, 0.6) is 5.75 Å². The average molecular weight is 259 g/mol. The summed E-state index contributed by atoms with van der Waals surface area (Å²) in [6.07, 6.45) is 3.40. The van der Waals surface area contributed by atoms with Crippen LogP contribution < -0.4 is 4.74 Å². The summed E-state index contributed by atoms with van der Waals surface area (Å²) in [6, 6.07) is 8.12. The van der Waals surface area contributed by atoms with Gasteiger partial charge < -0.3 is 9.64 Å². The summed E-state index contributed by atoms with van der Waals surface area (Å²) >= 11 is 0. The van der Waals surface area contributed by atoms with Crippen LogP contribution in [-0.2, 0) is 4.79 Å². The summed E-state index contributed by atoms with van der Waals surface area (Å²) in [5.74, 6) is 1.50. The molecule has 3 nitrogen and oxygen atoms in total. The van der Waals surface area contributed by atoms with Crippen LogP contribution in [0.25, 0.3) is 0 Å². The highest BCUT2D eigenvalue weighted by molar-refractivity contribution is 5.87. The number of hydrogen-bond acceptors (Lipinski definition) is 2. The molecule has 1 aliphatic heterocycles. The Balaban J connectivity index is 1.75. The molecule has 0 saturated carbocycles. The van der Waals surface area contributed by atoms with Gasteiger partial charge in [0, 0.05) is 13.1 Å². The molecule has 0 unspecified atom stereocenters. The number of amides is 1. The van der Waals surface area contributed by atoms with Crippen molar-refractivity contribution in [3.05, 3.63) is 42.5 Å². The van der Waals surface area contributed by atoms with Gasteiger partial charge in [0.25, 0.3) is 0 Å². The van der Waals surface area contributed by atoms with Crippen molar-refractivity contribution in [3.63, 3.8) is 0 Å². The number of aryl methyl sites for hydroxylation is 1. The smallest absolute Gasteiger partial charge is 0.245 e. The standard InChI is InChI=1S/C16H21NO2/c1-3-16(18)17-10-8-14(9-11-17)12-19-15-6-4-13(2)5-7-15/h3-7,14H,1,8-12H2,2H3. The molecule has 1 aromatic carbocycles. The molecule has 1 saturated heterocycles. The van der Waals surface area contributed by atoms with Gasteiger partial charge in [0.2, 0.25) is 5.91 Å². The van der Waals surface area contributed by atoms with E-state index in [1.807, 2.05) is 17.0 Å². The molecule has 0 aliphatic carbocycles. The Labute approximate surface area is 114 Å². The molecule has 2 rings (SSSR count). The fraction of sp³-hybridized carbons (Fsp3) is 0.438. The van der Waals surface area contributed by atoms with Crippen molar-refractivity contribution in [2.45, 2.75) is 19.8 Å². The number of carbonyl (C=O) groups excluding carboxylic acids is 1. The molecule has 0 N–H and O–H groups in total. The highest BCUT2D eigenvalue weighted by Crippen LogP contribution is 2.20. The highest BCUT2D eigenvalue weighted by Gasteiger charge is 2.21. The number of carbonyl (C=O) groups is 1. The van der Waals surface area contributed by atoms with Gasteiger partial charge in [0.05, 0.1) is 6.61 Å². The molecule has 0 radical (unpaired) electrons. The summed E-state index contributed by atoms with van der Waals surface area (Å²) in [5, 5.41) is 0. The maximum atomic E-state index is 11.5. The van der Waals surface area contributed by atoms with Gasteiger partial charge in [-0.3, -0.25) is 4.79 Å². The number of hydrogen-bond donors (Lipinski definition) is 0. The normalized spacial score (nSPS) is 16.2. The van der Waals surface area contributed by atoms with Crippen LogP contribution in [-0.4, -0.2) is 30.5 Å². The molecule has 0 atom stereocenters. The molecular weight excluding hydrogens is 238 g/mol. The third-order valence-electron chi connectivity index (χ3n) is 3.61. The van der Waals surface area contributed by atoms with Crippen molar-refractivity contribution in [3.8, 4) is 5.75 Å². The van der Waals surface area contributed by atoms with E-state index in [4.69, 9.17) is 4.74 Å². The van der Waals surface area contributed by atoms with Crippen LogP contribution in [0.3, 0.4) is 0 Å². The van der Waals surface area contributed by atoms with E-state index in [9.17, 15) is 4.79 Å². The van der Waals surface area contributed by atoms with Gasteiger partial charge in [-0.05, 0) is 43.9 Å². The number of nitrogens with zero attached hydrogens (tertiary/aromatic N) is 1. The van der Waals surface area contributed by atoms with E-state index in [0.29, 0.717) is 5.92 Å². The molecule has 0 aromatic heterocycles. The second-order valence-corrected chi connectivity index (χ2v) is 5.10. The van der Waals surface area contributed by atoms with Gasteiger partial charge in [-0.25, -0.2) is 0 Å². The lowest BCUT2D eigenvalue weighted by atomic mass is 9.98. The summed E-state index contributed by atoms with van der Waals surface area (Å²) in [5.41, 5.74) is 1.24. The number of rotatable bonds is 4. The van der Waals surface area contributed by atoms with Gasteiger partial charge >= 0.3 is 0 Å². The first-order chi connectivity index (χ1) is 9.19. The molecule has 0 bridgehead atoms. The predicted molar refractivity (Wildman–Crippen MR) is 76.2 cm³/mol. The van der Waals surface area contributed by atoms with Gasteiger partial charge in [-0.2, -0.15) is 0 Å². The molecule has 102 valence electrons. The zero-order valence-electron chi connectivity index (χ0n) is 11.5. The van der Waals surface area contributed by atoms with Crippen molar-refractivity contribution in [2.75, 3.05) is 19.7 Å². The zero-order chi connectivity index (χ0) is 13.7. The number of ether oxygens (including phenoxy) is 1. The van der Waals surface area contributed by atoms with E-state index in [-0.39, 0.29) is 5.91 Å². The molecule has 1 heterocycles. The van der Waals surface area contributed by atoms with Crippen LogP contribution in [0.15, 0.2) is 36.9 Å². The maximum absolute atomic E-state index is 11.5. The van der Waals surface area contributed by atoms with Crippen molar-refractivity contribution in [1.82, 2.24) is 4.90 Å². The van der Waals surface area contributed by atoms with E-state index in [1.54, 1.807) is 0 Å². The van der Waals surface area contributed by atoms with E-state index in [2.05, 4.69) is 25.6 Å². The molecule has 0 spiro atoms. The SMILES string of the molecule is C=CC(=O)N1CCC(COc2ccc(C)cc2)CC1. The highest BCUT2D eigenvalue weighted by atomic mass is 16.5. The zero-order valence-corrected chi connectivity index (χ0v) is 11.5. The summed E-state index contributed by atoms with van der Waals surface area (Å²) in [6.45, 7) is 7.95. The van der Waals surface area contributed by atoms with Crippen LogP contribution in [0.1, 0.15) is 18.4 Å². The van der Waals surface area contributed by atoms with Gasteiger partial charge in [0.15, 0.2) is 0 Å². The average Bonchev–Trinajstić information content (AvgIpc) is 2.46. The fourth-order valence-electron chi connectivity index (χ4n) is 2.30. The minimum absolute atomic E-state index is 0.0397. The van der Waals surface area contributed by atoms with Crippen LogP contribution in [0.2, 0.25) is 0 Å². The molecular formula is C16H21NO2. The quantitative estimate of drug-likeness (QED) is 0.778. The van der Waals surface area contributed by atoms with E-state index in [0.717, 1.165) is 38.3 Å². The minimum atomic E-state index is 0.0397. The Kier molecular flexibility index (Phi) is 4.61. The lowest BCUT2D eigenvalue weighted by Gasteiger charge is -2.31. The van der Waals surface area contributed by atoms with Crippen molar-refractivity contribution in [2.24, 2.45) is 5.92 Å². The summed E-state index contributed by atoms with van der Waals surface area (Å²) in [7, 11) is 0. The first-order valence-electron chi connectivity index (χ1n) is 6.80. The van der Waals surface area contributed by atoms with Crippen molar-refractivity contribution < 1.29 is 9.53 Å². The second-order valence-electron chi connectivity index (χ2n) is 5.10. The molecule has 1 amide bonds. The van der Waals surface area contributed by atoms with Gasteiger partial charge in [-0.1, -0.05) is 24.3 Å². The topological polar surface area (TPSA) is 29.5 Å². The fourth-order valence-corrected chi connectivity index (χ4v) is 2.30. The molecule has 19 heavy (non-hydrogen) atoms. The first kappa shape index (κ1) is 13.7. The van der Waals surface area contributed by atoms with E-state index in [1.165, 1.54) is 11.6 Å². The maximum Gasteiger partial charge on any atom is 0.245 e. The molecule has 1 fully saturated rings. The first-order valence-corrected chi connectivity index (χ1v) is 6.80. The molecule has 1 aromatic rings.